The zero-order valence-corrected chi connectivity index (χ0v) is 15.3. The molecule has 0 spiro atoms. The minimum atomic E-state index is 0.865. The Bertz CT molecular complexity index is 935. The number of fused-ring (bicyclic) bond motifs is 2. The zero-order valence-electron chi connectivity index (χ0n) is 15.3. The van der Waals surface area contributed by atoms with Crippen molar-refractivity contribution in [2.75, 3.05) is 36.8 Å². The first-order valence-electron chi connectivity index (χ1n) is 9.42. The van der Waals surface area contributed by atoms with Crippen molar-refractivity contribution < 1.29 is 0 Å². The topological polar surface area (TPSA) is 49.0 Å². The van der Waals surface area contributed by atoms with Crippen molar-refractivity contribution in [2.45, 2.75) is 0 Å². The number of anilines is 2. The SMILES string of the molecule is c1ccc2c(NCCNCCNc3cccc4cccnc34)cccc2c1. The summed E-state index contributed by atoms with van der Waals surface area (Å²) in [4.78, 5) is 4.48. The van der Waals surface area contributed by atoms with E-state index in [1.165, 1.54) is 16.5 Å². The number of aromatic nitrogens is 1. The third-order valence-electron chi connectivity index (χ3n) is 4.66. The number of pyridine rings is 1. The molecule has 4 nitrogen and oxygen atoms in total. The second-order valence-corrected chi connectivity index (χ2v) is 6.51. The summed E-state index contributed by atoms with van der Waals surface area (Å²) in [6, 6.07) is 25.1. The zero-order chi connectivity index (χ0) is 18.3. The lowest BCUT2D eigenvalue weighted by atomic mass is 10.1. The molecule has 4 rings (SSSR count). The Morgan fingerprint density at radius 3 is 2.15 bits per heavy atom. The molecule has 0 fully saturated rings. The first-order chi connectivity index (χ1) is 13.4. The van der Waals surface area contributed by atoms with Crippen molar-refractivity contribution in [3.8, 4) is 0 Å². The molecule has 0 unspecified atom stereocenters. The predicted molar refractivity (Wildman–Crippen MR) is 116 cm³/mol. The van der Waals surface area contributed by atoms with Crippen LogP contribution in [0.15, 0.2) is 79.0 Å². The lowest BCUT2D eigenvalue weighted by molar-refractivity contribution is 0.719. The number of benzene rings is 3. The monoisotopic (exact) mass is 356 g/mol. The van der Waals surface area contributed by atoms with E-state index in [1.54, 1.807) is 0 Å². The summed E-state index contributed by atoms with van der Waals surface area (Å²) in [5, 5.41) is 14.2. The fraction of sp³-hybridized carbons (Fsp3) is 0.174. The Hall–Kier alpha value is -3.11. The molecule has 136 valence electrons. The highest BCUT2D eigenvalue weighted by Crippen LogP contribution is 2.22. The Morgan fingerprint density at radius 2 is 1.26 bits per heavy atom. The Balaban J connectivity index is 1.22. The molecule has 0 amide bonds. The lowest BCUT2D eigenvalue weighted by Crippen LogP contribution is -2.27. The third-order valence-corrected chi connectivity index (χ3v) is 4.66. The van der Waals surface area contributed by atoms with E-state index in [0.29, 0.717) is 0 Å². The Kier molecular flexibility index (Phi) is 5.46. The van der Waals surface area contributed by atoms with Crippen LogP contribution in [0.5, 0.6) is 0 Å². The maximum atomic E-state index is 4.48. The highest BCUT2D eigenvalue weighted by molar-refractivity contribution is 5.93. The molecule has 1 heterocycles. The predicted octanol–water partition coefficient (Wildman–Crippen LogP) is 4.50. The molecule has 0 atom stereocenters. The molecule has 3 N–H and O–H groups in total. The van der Waals surface area contributed by atoms with Gasteiger partial charge in [-0.25, -0.2) is 0 Å². The largest absolute Gasteiger partial charge is 0.383 e. The van der Waals surface area contributed by atoms with E-state index in [1.807, 2.05) is 12.3 Å². The number of hydrogen-bond donors (Lipinski definition) is 3. The van der Waals surface area contributed by atoms with Crippen LogP contribution in [0.1, 0.15) is 0 Å². The molecule has 1 aromatic heterocycles. The van der Waals surface area contributed by atoms with Crippen LogP contribution in [0.3, 0.4) is 0 Å². The van der Waals surface area contributed by atoms with Crippen molar-refractivity contribution in [3.63, 3.8) is 0 Å². The van der Waals surface area contributed by atoms with Gasteiger partial charge in [0.05, 0.1) is 11.2 Å². The molecule has 0 aliphatic heterocycles. The number of para-hydroxylation sites is 1. The van der Waals surface area contributed by atoms with Gasteiger partial charge in [-0.15, -0.1) is 0 Å². The van der Waals surface area contributed by atoms with Gasteiger partial charge in [-0.2, -0.15) is 0 Å². The first kappa shape index (κ1) is 17.3. The van der Waals surface area contributed by atoms with Gasteiger partial charge in [0.25, 0.3) is 0 Å². The first-order valence-corrected chi connectivity index (χ1v) is 9.42. The second kappa shape index (κ2) is 8.52. The second-order valence-electron chi connectivity index (χ2n) is 6.51. The van der Waals surface area contributed by atoms with E-state index in [-0.39, 0.29) is 0 Å². The smallest absolute Gasteiger partial charge is 0.0933 e. The quantitative estimate of drug-likeness (QED) is 0.407. The summed E-state index contributed by atoms with van der Waals surface area (Å²) in [6.07, 6.45) is 1.84. The van der Waals surface area contributed by atoms with Gasteiger partial charge in [0, 0.05) is 48.8 Å². The van der Waals surface area contributed by atoms with E-state index in [2.05, 4.69) is 87.7 Å². The molecule has 0 saturated heterocycles. The van der Waals surface area contributed by atoms with Crippen molar-refractivity contribution >= 4 is 33.1 Å². The Morgan fingerprint density at radius 1 is 0.593 bits per heavy atom. The van der Waals surface area contributed by atoms with Crippen LogP contribution < -0.4 is 16.0 Å². The van der Waals surface area contributed by atoms with Crippen LogP contribution in [0.4, 0.5) is 11.4 Å². The minimum Gasteiger partial charge on any atom is -0.383 e. The molecule has 0 saturated carbocycles. The van der Waals surface area contributed by atoms with Crippen LogP contribution in [-0.4, -0.2) is 31.2 Å². The molecular formula is C23H24N4. The van der Waals surface area contributed by atoms with Crippen LogP contribution in [0.2, 0.25) is 0 Å². The van der Waals surface area contributed by atoms with Gasteiger partial charge in [0.2, 0.25) is 0 Å². The molecule has 0 aliphatic rings. The molecule has 0 radical (unpaired) electrons. The van der Waals surface area contributed by atoms with Gasteiger partial charge in [-0.05, 0) is 23.6 Å². The standard InChI is InChI=1S/C23H24N4/c1-2-10-20-18(6-1)7-3-11-21(20)25-16-14-24-15-17-26-22-12-4-8-19-9-5-13-27-23(19)22/h1-13,24-26H,14-17H2. The van der Waals surface area contributed by atoms with Crippen LogP contribution >= 0.6 is 0 Å². The van der Waals surface area contributed by atoms with E-state index >= 15 is 0 Å². The van der Waals surface area contributed by atoms with Crippen molar-refractivity contribution in [3.05, 3.63) is 79.0 Å². The van der Waals surface area contributed by atoms with Gasteiger partial charge < -0.3 is 16.0 Å². The average molecular weight is 356 g/mol. The van der Waals surface area contributed by atoms with Crippen molar-refractivity contribution in [1.82, 2.24) is 10.3 Å². The fourth-order valence-electron chi connectivity index (χ4n) is 3.32. The third kappa shape index (κ3) is 4.18. The normalized spacial score (nSPS) is 11.0. The van der Waals surface area contributed by atoms with Crippen molar-refractivity contribution in [1.29, 1.82) is 0 Å². The van der Waals surface area contributed by atoms with Gasteiger partial charge >= 0.3 is 0 Å². The number of nitrogens with one attached hydrogen (secondary N) is 3. The molecule has 3 aromatic carbocycles. The van der Waals surface area contributed by atoms with Gasteiger partial charge in [-0.1, -0.05) is 54.6 Å². The van der Waals surface area contributed by atoms with E-state index in [4.69, 9.17) is 0 Å². The van der Waals surface area contributed by atoms with E-state index < -0.39 is 0 Å². The number of nitrogens with zero attached hydrogens (tertiary/aromatic N) is 1. The fourth-order valence-corrected chi connectivity index (χ4v) is 3.32. The van der Waals surface area contributed by atoms with Gasteiger partial charge in [0.15, 0.2) is 0 Å². The summed E-state index contributed by atoms with van der Waals surface area (Å²) >= 11 is 0. The molecule has 4 heteroatoms. The minimum absolute atomic E-state index is 0.865. The average Bonchev–Trinajstić information content (AvgIpc) is 2.73. The molecule has 27 heavy (non-hydrogen) atoms. The summed E-state index contributed by atoms with van der Waals surface area (Å²) in [7, 11) is 0. The highest BCUT2D eigenvalue weighted by Gasteiger charge is 2.01. The summed E-state index contributed by atoms with van der Waals surface area (Å²) < 4.78 is 0. The van der Waals surface area contributed by atoms with Crippen molar-refractivity contribution in [2.24, 2.45) is 0 Å². The summed E-state index contributed by atoms with van der Waals surface area (Å²) in [6.45, 7) is 3.58. The summed E-state index contributed by atoms with van der Waals surface area (Å²) in [5.41, 5.74) is 3.30. The molecule has 0 bridgehead atoms. The lowest BCUT2D eigenvalue weighted by Gasteiger charge is -2.12. The number of hydrogen-bond acceptors (Lipinski definition) is 4. The Labute approximate surface area is 159 Å². The van der Waals surface area contributed by atoms with Gasteiger partial charge in [-0.3, -0.25) is 4.98 Å². The maximum absolute atomic E-state index is 4.48. The van der Waals surface area contributed by atoms with Crippen LogP contribution in [0.25, 0.3) is 21.7 Å². The van der Waals surface area contributed by atoms with E-state index in [0.717, 1.165) is 42.8 Å². The molecule has 0 aliphatic carbocycles. The molecular weight excluding hydrogens is 332 g/mol. The van der Waals surface area contributed by atoms with Gasteiger partial charge in [0.1, 0.15) is 0 Å². The van der Waals surface area contributed by atoms with Crippen LogP contribution in [-0.2, 0) is 0 Å². The molecule has 4 aromatic rings. The maximum Gasteiger partial charge on any atom is 0.0933 e. The number of rotatable bonds is 8. The van der Waals surface area contributed by atoms with Crippen LogP contribution in [0, 0.1) is 0 Å². The van der Waals surface area contributed by atoms with E-state index in [9.17, 15) is 0 Å². The summed E-state index contributed by atoms with van der Waals surface area (Å²) in [5.74, 6) is 0. The highest BCUT2D eigenvalue weighted by atomic mass is 15.0.